The molecule has 0 aliphatic heterocycles. The predicted octanol–water partition coefficient (Wildman–Crippen LogP) is 2.74. The summed E-state index contributed by atoms with van der Waals surface area (Å²) in [5, 5.41) is 11.0. The maximum atomic E-state index is 12.2. The van der Waals surface area contributed by atoms with E-state index in [0.29, 0.717) is 22.1 Å². The van der Waals surface area contributed by atoms with Gasteiger partial charge >= 0.3 is 0 Å². The zero-order valence-electron chi connectivity index (χ0n) is 13.4. The number of amides is 3. The van der Waals surface area contributed by atoms with Gasteiger partial charge < -0.3 is 11.1 Å². The Labute approximate surface area is 156 Å². The number of anilines is 2. The Balaban J connectivity index is 1.61. The van der Waals surface area contributed by atoms with Gasteiger partial charge in [0.1, 0.15) is 0 Å². The number of nitrogens with two attached hydrogens (primary N) is 1. The minimum absolute atomic E-state index is 0.0118. The average molecular weight is 386 g/mol. The fraction of sp³-hybridized carbons (Fsp3) is 0.0588. The summed E-state index contributed by atoms with van der Waals surface area (Å²) in [7, 11) is 0. The van der Waals surface area contributed by atoms with Crippen molar-refractivity contribution < 1.29 is 14.4 Å². The minimum Gasteiger partial charge on any atom is -0.366 e. The number of nitrogens with zero attached hydrogens (tertiary/aromatic N) is 1. The SMILES string of the molecule is NC(=O)c1ccccc1NC(=O)Cc1csc(NC(=O)c2ccsc2)n1. The fourth-order valence-electron chi connectivity index (χ4n) is 2.17. The summed E-state index contributed by atoms with van der Waals surface area (Å²) in [5.74, 6) is -1.19. The summed E-state index contributed by atoms with van der Waals surface area (Å²) in [6.07, 6.45) is 0.0118. The van der Waals surface area contributed by atoms with Crippen molar-refractivity contribution in [3.05, 3.63) is 63.3 Å². The van der Waals surface area contributed by atoms with Gasteiger partial charge in [-0.2, -0.15) is 11.3 Å². The van der Waals surface area contributed by atoms with Crippen molar-refractivity contribution >= 4 is 51.2 Å². The highest BCUT2D eigenvalue weighted by molar-refractivity contribution is 7.14. The number of aromatic nitrogens is 1. The number of benzene rings is 1. The molecule has 132 valence electrons. The molecule has 7 nitrogen and oxygen atoms in total. The number of carbonyl (C=O) groups is 3. The van der Waals surface area contributed by atoms with E-state index in [-0.39, 0.29) is 23.8 Å². The number of primary amides is 1. The maximum absolute atomic E-state index is 12.2. The van der Waals surface area contributed by atoms with Crippen LogP contribution >= 0.6 is 22.7 Å². The molecular formula is C17H14N4O3S2. The highest BCUT2D eigenvalue weighted by atomic mass is 32.1. The largest absolute Gasteiger partial charge is 0.366 e. The third kappa shape index (κ3) is 4.32. The average Bonchev–Trinajstić information content (AvgIpc) is 3.27. The molecule has 2 aromatic heterocycles. The van der Waals surface area contributed by atoms with Crippen molar-refractivity contribution in [1.82, 2.24) is 4.98 Å². The van der Waals surface area contributed by atoms with Crippen LogP contribution in [0.5, 0.6) is 0 Å². The molecule has 4 N–H and O–H groups in total. The van der Waals surface area contributed by atoms with Gasteiger partial charge in [-0.1, -0.05) is 12.1 Å². The first kappa shape index (κ1) is 17.8. The molecule has 3 rings (SSSR count). The lowest BCUT2D eigenvalue weighted by Crippen LogP contribution is -2.19. The Morgan fingerprint density at radius 1 is 1.08 bits per heavy atom. The van der Waals surface area contributed by atoms with Crippen LogP contribution in [0.1, 0.15) is 26.4 Å². The van der Waals surface area contributed by atoms with E-state index in [2.05, 4.69) is 15.6 Å². The summed E-state index contributed by atoms with van der Waals surface area (Å²) in [6, 6.07) is 8.23. The van der Waals surface area contributed by atoms with Gasteiger partial charge in [-0.25, -0.2) is 4.98 Å². The molecule has 0 aliphatic rings. The summed E-state index contributed by atoms with van der Waals surface area (Å²) in [6.45, 7) is 0. The highest BCUT2D eigenvalue weighted by Crippen LogP contribution is 2.19. The van der Waals surface area contributed by atoms with Crippen LogP contribution in [0.15, 0.2) is 46.5 Å². The second kappa shape index (κ2) is 7.89. The standard InChI is InChI=1S/C17H14N4O3S2/c18-15(23)12-3-1-2-4-13(12)20-14(22)7-11-9-26-17(19-11)21-16(24)10-5-6-25-8-10/h1-6,8-9H,7H2,(H2,18,23)(H,20,22)(H,19,21,24). The van der Waals surface area contributed by atoms with Crippen LogP contribution in [0, 0.1) is 0 Å². The molecule has 26 heavy (non-hydrogen) atoms. The van der Waals surface area contributed by atoms with Crippen LogP contribution < -0.4 is 16.4 Å². The van der Waals surface area contributed by atoms with Crippen LogP contribution in [-0.2, 0) is 11.2 Å². The summed E-state index contributed by atoms with van der Waals surface area (Å²) in [5.41, 5.74) is 6.96. The Kier molecular flexibility index (Phi) is 5.40. The summed E-state index contributed by atoms with van der Waals surface area (Å²) >= 11 is 2.67. The van der Waals surface area contributed by atoms with Crippen LogP contribution in [0.25, 0.3) is 0 Å². The minimum atomic E-state index is -0.618. The van der Waals surface area contributed by atoms with E-state index in [4.69, 9.17) is 5.73 Å². The highest BCUT2D eigenvalue weighted by Gasteiger charge is 2.14. The second-order valence-electron chi connectivity index (χ2n) is 5.24. The van der Waals surface area contributed by atoms with E-state index in [0.717, 1.165) is 0 Å². The van der Waals surface area contributed by atoms with E-state index in [1.165, 1.54) is 22.7 Å². The summed E-state index contributed by atoms with van der Waals surface area (Å²) in [4.78, 5) is 39.8. The van der Waals surface area contributed by atoms with Gasteiger partial charge in [-0.05, 0) is 23.6 Å². The van der Waals surface area contributed by atoms with Gasteiger partial charge in [0.25, 0.3) is 11.8 Å². The molecule has 0 radical (unpaired) electrons. The zero-order valence-corrected chi connectivity index (χ0v) is 15.0. The normalized spacial score (nSPS) is 10.3. The molecule has 0 atom stereocenters. The summed E-state index contributed by atoms with van der Waals surface area (Å²) < 4.78 is 0. The van der Waals surface area contributed by atoms with Gasteiger partial charge in [0.05, 0.1) is 28.9 Å². The van der Waals surface area contributed by atoms with Crippen LogP contribution in [0.3, 0.4) is 0 Å². The molecular weight excluding hydrogens is 372 g/mol. The van der Waals surface area contributed by atoms with Crippen molar-refractivity contribution in [3.8, 4) is 0 Å². The zero-order chi connectivity index (χ0) is 18.5. The lowest BCUT2D eigenvalue weighted by atomic mass is 10.1. The van der Waals surface area contributed by atoms with Crippen molar-refractivity contribution in [2.45, 2.75) is 6.42 Å². The first-order chi connectivity index (χ1) is 12.5. The van der Waals surface area contributed by atoms with E-state index < -0.39 is 5.91 Å². The van der Waals surface area contributed by atoms with Crippen molar-refractivity contribution in [3.63, 3.8) is 0 Å². The van der Waals surface area contributed by atoms with Gasteiger partial charge in [-0.15, -0.1) is 11.3 Å². The van der Waals surface area contributed by atoms with Gasteiger partial charge in [0, 0.05) is 10.8 Å². The molecule has 0 aliphatic carbocycles. The molecule has 3 amide bonds. The number of para-hydroxylation sites is 1. The molecule has 0 saturated carbocycles. The number of thiazole rings is 1. The van der Waals surface area contributed by atoms with Gasteiger partial charge in [0.2, 0.25) is 5.91 Å². The quantitative estimate of drug-likeness (QED) is 0.604. The Bertz CT molecular complexity index is 951. The number of carbonyl (C=O) groups excluding carboxylic acids is 3. The molecule has 3 aromatic rings. The van der Waals surface area contributed by atoms with Gasteiger partial charge in [0.15, 0.2) is 5.13 Å². The monoisotopic (exact) mass is 386 g/mol. The molecule has 0 spiro atoms. The third-order valence-corrected chi connectivity index (χ3v) is 4.85. The van der Waals surface area contributed by atoms with E-state index in [9.17, 15) is 14.4 Å². The van der Waals surface area contributed by atoms with Crippen molar-refractivity contribution in [2.75, 3.05) is 10.6 Å². The lowest BCUT2D eigenvalue weighted by Gasteiger charge is -2.07. The Morgan fingerprint density at radius 3 is 2.62 bits per heavy atom. The molecule has 2 heterocycles. The van der Waals surface area contributed by atoms with Crippen LogP contribution in [-0.4, -0.2) is 22.7 Å². The lowest BCUT2D eigenvalue weighted by molar-refractivity contribution is -0.115. The van der Waals surface area contributed by atoms with Crippen molar-refractivity contribution in [1.29, 1.82) is 0 Å². The molecule has 1 aromatic carbocycles. The maximum Gasteiger partial charge on any atom is 0.258 e. The number of thiophene rings is 1. The Hall–Kier alpha value is -3.04. The molecule has 0 bridgehead atoms. The number of hydrogen-bond acceptors (Lipinski definition) is 6. The molecule has 0 fully saturated rings. The van der Waals surface area contributed by atoms with Crippen LogP contribution in [0.2, 0.25) is 0 Å². The second-order valence-corrected chi connectivity index (χ2v) is 6.88. The molecule has 9 heteroatoms. The topological polar surface area (TPSA) is 114 Å². The Morgan fingerprint density at radius 2 is 1.88 bits per heavy atom. The number of hydrogen-bond donors (Lipinski definition) is 3. The third-order valence-electron chi connectivity index (χ3n) is 3.36. The fourth-order valence-corrected chi connectivity index (χ4v) is 3.52. The molecule has 0 unspecified atom stereocenters. The smallest absolute Gasteiger partial charge is 0.258 e. The number of nitrogens with one attached hydrogen (secondary N) is 2. The first-order valence-corrected chi connectivity index (χ1v) is 9.32. The van der Waals surface area contributed by atoms with Crippen molar-refractivity contribution in [2.24, 2.45) is 5.73 Å². The van der Waals surface area contributed by atoms with E-state index >= 15 is 0 Å². The molecule has 0 saturated heterocycles. The number of rotatable bonds is 6. The van der Waals surface area contributed by atoms with E-state index in [1.54, 1.807) is 41.1 Å². The first-order valence-electron chi connectivity index (χ1n) is 7.49. The predicted molar refractivity (Wildman–Crippen MR) is 102 cm³/mol. The van der Waals surface area contributed by atoms with Crippen LogP contribution in [0.4, 0.5) is 10.8 Å². The van der Waals surface area contributed by atoms with E-state index in [1.807, 2.05) is 5.38 Å². The van der Waals surface area contributed by atoms with Gasteiger partial charge in [-0.3, -0.25) is 19.7 Å².